The highest BCUT2D eigenvalue weighted by atomic mass is 35.5. The Hall–Kier alpha value is -2.04. The van der Waals surface area contributed by atoms with E-state index in [1.165, 1.54) is 5.56 Å². The van der Waals surface area contributed by atoms with E-state index in [1.54, 1.807) is 17.0 Å². The standard InChI is InChI=1S/C19H20ClNO3/c1-14-6-8-15(9-7-14)24-13-16-12-21(10-11-23-16)19(22)17-4-2-3-5-18(17)20/h2-9,16H,10-13H2,1H3/t16-/m0/s1. The molecular weight excluding hydrogens is 326 g/mol. The van der Waals surface area contributed by atoms with Crippen LogP contribution in [0.4, 0.5) is 0 Å². The van der Waals surface area contributed by atoms with Gasteiger partial charge in [0.2, 0.25) is 0 Å². The normalized spacial score (nSPS) is 17.6. The van der Waals surface area contributed by atoms with Crippen LogP contribution in [-0.2, 0) is 4.74 Å². The van der Waals surface area contributed by atoms with E-state index >= 15 is 0 Å². The SMILES string of the molecule is Cc1ccc(OC[C@@H]2CN(C(=O)c3ccccc3Cl)CCO2)cc1. The average Bonchev–Trinajstić information content (AvgIpc) is 2.61. The van der Waals surface area contributed by atoms with Crippen LogP contribution in [-0.4, -0.2) is 43.2 Å². The third kappa shape index (κ3) is 4.08. The molecule has 24 heavy (non-hydrogen) atoms. The highest BCUT2D eigenvalue weighted by Crippen LogP contribution is 2.19. The molecule has 0 saturated carbocycles. The van der Waals surface area contributed by atoms with E-state index in [9.17, 15) is 4.79 Å². The van der Waals surface area contributed by atoms with Crippen LogP contribution in [0.15, 0.2) is 48.5 Å². The van der Waals surface area contributed by atoms with Crippen LogP contribution in [0.5, 0.6) is 5.75 Å². The fourth-order valence-corrected chi connectivity index (χ4v) is 2.85. The summed E-state index contributed by atoms with van der Waals surface area (Å²) in [6.07, 6.45) is -0.147. The van der Waals surface area contributed by atoms with Gasteiger partial charge in [-0.3, -0.25) is 4.79 Å². The van der Waals surface area contributed by atoms with Gasteiger partial charge in [0.1, 0.15) is 18.5 Å². The molecule has 0 spiro atoms. The molecule has 1 aliphatic rings. The average molecular weight is 346 g/mol. The molecule has 126 valence electrons. The second-order valence-electron chi connectivity index (χ2n) is 5.85. The van der Waals surface area contributed by atoms with Crippen molar-refractivity contribution in [3.63, 3.8) is 0 Å². The van der Waals surface area contributed by atoms with Gasteiger partial charge >= 0.3 is 0 Å². The van der Waals surface area contributed by atoms with Gasteiger partial charge in [-0.1, -0.05) is 41.4 Å². The summed E-state index contributed by atoms with van der Waals surface area (Å²) in [4.78, 5) is 14.4. The van der Waals surface area contributed by atoms with Gasteiger partial charge in [0, 0.05) is 6.54 Å². The molecule has 0 radical (unpaired) electrons. The first kappa shape index (κ1) is 16.8. The quantitative estimate of drug-likeness (QED) is 0.850. The third-order valence-electron chi connectivity index (χ3n) is 3.99. The minimum absolute atomic E-state index is 0.0655. The van der Waals surface area contributed by atoms with Crippen molar-refractivity contribution >= 4 is 17.5 Å². The van der Waals surface area contributed by atoms with E-state index in [-0.39, 0.29) is 12.0 Å². The zero-order valence-electron chi connectivity index (χ0n) is 13.6. The molecule has 1 atom stereocenters. The Morgan fingerprint density at radius 1 is 1.25 bits per heavy atom. The van der Waals surface area contributed by atoms with Gasteiger partial charge in [-0.15, -0.1) is 0 Å². The van der Waals surface area contributed by atoms with Crippen molar-refractivity contribution in [3.05, 3.63) is 64.7 Å². The van der Waals surface area contributed by atoms with E-state index in [2.05, 4.69) is 0 Å². The zero-order valence-corrected chi connectivity index (χ0v) is 14.3. The smallest absolute Gasteiger partial charge is 0.255 e. The van der Waals surface area contributed by atoms with Crippen LogP contribution in [0.3, 0.4) is 0 Å². The predicted molar refractivity (Wildman–Crippen MR) is 93.8 cm³/mol. The van der Waals surface area contributed by atoms with Crippen molar-refractivity contribution < 1.29 is 14.3 Å². The van der Waals surface area contributed by atoms with E-state index < -0.39 is 0 Å². The molecule has 0 aliphatic carbocycles. The number of ether oxygens (including phenoxy) is 2. The van der Waals surface area contributed by atoms with Gasteiger partial charge in [-0.2, -0.15) is 0 Å². The molecule has 1 amide bonds. The molecule has 1 heterocycles. The predicted octanol–water partition coefficient (Wildman–Crippen LogP) is 3.57. The Balaban J connectivity index is 1.59. The molecule has 2 aromatic carbocycles. The third-order valence-corrected chi connectivity index (χ3v) is 4.32. The summed E-state index contributed by atoms with van der Waals surface area (Å²) in [6, 6.07) is 15.0. The van der Waals surface area contributed by atoms with Crippen molar-refractivity contribution in [1.82, 2.24) is 4.90 Å². The lowest BCUT2D eigenvalue weighted by Gasteiger charge is -2.33. The van der Waals surface area contributed by atoms with Crippen molar-refractivity contribution in [2.24, 2.45) is 0 Å². The number of rotatable bonds is 4. The summed E-state index contributed by atoms with van der Waals surface area (Å²) in [5.41, 5.74) is 1.71. The van der Waals surface area contributed by atoms with Crippen LogP contribution in [0.1, 0.15) is 15.9 Å². The Morgan fingerprint density at radius 3 is 2.75 bits per heavy atom. The summed E-state index contributed by atoms with van der Waals surface area (Å²) >= 11 is 6.13. The fourth-order valence-electron chi connectivity index (χ4n) is 2.63. The molecule has 5 heteroatoms. The number of hydrogen-bond acceptors (Lipinski definition) is 3. The lowest BCUT2D eigenvalue weighted by molar-refractivity contribution is -0.0401. The second-order valence-corrected chi connectivity index (χ2v) is 6.26. The molecule has 4 nitrogen and oxygen atoms in total. The Morgan fingerprint density at radius 2 is 2.00 bits per heavy atom. The van der Waals surface area contributed by atoms with Crippen molar-refractivity contribution in [2.45, 2.75) is 13.0 Å². The Labute approximate surface area is 146 Å². The summed E-state index contributed by atoms with van der Waals surface area (Å²) in [6.45, 7) is 4.00. The van der Waals surface area contributed by atoms with Crippen molar-refractivity contribution in [1.29, 1.82) is 0 Å². The maximum atomic E-state index is 12.6. The molecule has 3 rings (SSSR count). The maximum absolute atomic E-state index is 12.6. The highest BCUT2D eigenvalue weighted by molar-refractivity contribution is 6.33. The van der Waals surface area contributed by atoms with Gasteiger partial charge < -0.3 is 14.4 Å². The summed E-state index contributed by atoms with van der Waals surface area (Å²) < 4.78 is 11.5. The second kappa shape index (κ2) is 7.69. The van der Waals surface area contributed by atoms with E-state index in [1.807, 2.05) is 43.3 Å². The molecule has 0 aromatic heterocycles. The first-order valence-electron chi connectivity index (χ1n) is 7.98. The Kier molecular flexibility index (Phi) is 5.38. The number of morpholine rings is 1. The zero-order chi connectivity index (χ0) is 16.9. The van der Waals surface area contributed by atoms with Crippen molar-refractivity contribution in [2.75, 3.05) is 26.3 Å². The van der Waals surface area contributed by atoms with Gasteiger partial charge in [-0.25, -0.2) is 0 Å². The minimum atomic E-state index is -0.147. The monoisotopic (exact) mass is 345 g/mol. The number of hydrogen-bond donors (Lipinski definition) is 0. The number of halogens is 1. The first-order chi connectivity index (χ1) is 11.6. The lowest BCUT2D eigenvalue weighted by Crippen LogP contribution is -2.47. The summed E-state index contributed by atoms with van der Waals surface area (Å²) in [5, 5.41) is 0.474. The Bertz CT molecular complexity index is 702. The van der Waals surface area contributed by atoms with Gasteiger partial charge in [0.05, 0.1) is 23.7 Å². The van der Waals surface area contributed by atoms with Crippen LogP contribution in [0.25, 0.3) is 0 Å². The highest BCUT2D eigenvalue weighted by Gasteiger charge is 2.26. The van der Waals surface area contributed by atoms with Crippen molar-refractivity contribution in [3.8, 4) is 5.75 Å². The fraction of sp³-hybridized carbons (Fsp3) is 0.316. The van der Waals surface area contributed by atoms with Crippen LogP contribution >= 0.6 is 11.6 Å². The number of benzene rings is 2. The largest absolute Gasteiger partial charge is 0.491 e. The molecular formula is C19H20ClNO3. The van der Waals surface area contributed by atoms with Crippen LogP contribution in [0.2, 0.25) is 5.02 Å². The lowest BCUT2D eigenvalue weighted by atomic mass is 10.1. The molecule has 0 bridgehead atoms. The topological polar surface area (TPSA) is 38.8 Å². The molecule has 2 aromatic rings. The molecule has 0 unspecified atom stereocenters. The van der Waals surface area contributed by atoms with Gasteiger partial charge in [0.15, 0.2) is 0 Å². The first-order valence-corrected chi connectivity index (χ1v) is 8.36. The summed E-state index contributed by atoms with van der Waals surface area (Å²) in [5.74, 6) is 0.739. The maximum Gasteiger partial charge on any atom is 0.255 e. The van der Waals surface area contributed by atoms with E-state index in [0.29, 0.717) is 36.9 Å². The number of carbonyl (C=O) groups is 1. The van der Waals surface area contributed by atoms with Gasteiger partial charge in [0.25, 0.3) is 5.91 Å². The van der Waals surface area contributed by atoms with Crippen LogP contribution in [0, 0.1) is 6.92 Å². The minimum Gasteiger partial charge on any atom is -0.491 e. The van der Waals surface area contributed by atoms with E-state index in [0.717, 1.165) is 5.75 Å². The molecule has 0 N–H and O–H groups in total. The number of amides is 1. The van der Waals surface area contributed by atoms with Gasteiger partial charge in [-0.05, 0) is 31.2 Å². The van der Waals surface area contributed by atoms with Crippen LogP contribution < -0.4 is 4.74 Å². The molecule has 1 fully saturated rings. The number of carbonyl (C=O) groups excluding carboxylic acids is 1. The molecule has 1 saturated heterocycles. The van der Waals surface area contributed by atoms with E-state index in [4.69, 9.17) is 21.1 Å². The summed E-state index contributed by atoms with van der Waals surface area (Å²) in [7, 11) is 0. The molecule has 1 aliphatic heterocycles. The number of nitrogens with zero attached hydrogens (tertiary/aromatic N) is 1. The number of aryl methyl sites for hydroxylation is 1.